The average molecular weight is 513 g/mol. The fraction of sp³-hybridized carbons (Fsp3) is 0.481. The van der Waals surface area contributed by atoms with Crippen molar-refractivity contribution in [2.45, 2.75) is 68.5 Å². The van der Waals surface area contributed by atoms with Crippen LogP contribution in [0, 0.1) is 17.2 Å². The second-order valence-electron chi connectivity index (χ2n) is 10.2. The molecule has 2 saturated heterocycles. The van der Waals surface area contributed by atoms with Gasteiger partial charge in [0.2, 0.25) is 5.91 Å². The van der Waals surface area contributed by atoms with Crippen molar-refractivity contribution in [3.8, 4) is 6.07 Å². The number of piperidine rings is 1. The number of fused-ring (bicyclic) bond motifs is 1. The molecule has 2 aliphatic heterocycles. The summed E-state index contributed by atoms with van der Waals surface area (Å²) in [5.74, 6) is -0.533. The molecule has 0 bridgehead atoms. The van der Waals surface area contributed by atoms with Gasteiger partial charge in [-0.1, -0.05) is 18.2 Å². The summed E-state index contributed by atoms with van der Waals surface area (Å²) < 4.78 is 39.0. The third-order valence-electron chi connectivity index (χ3n) is 7.94. The second-order valence-corrected chi connectivity index (χ2v) is 10.2. The summed E-state index contributed by atoms with van der Waals surface area (Å²) in [6.07, 6.45) is -0.509. The molecule has 1 saturated carbocycles. The number of anilines is 2. The second kappa shape index (κ2) is 10.2. The van der Waals surface area contributed by atoms with Gasteiger partial charge in [-0.2, -0.15) is 18.4 Å². The van der Waals surface area contributed by atoms with Crippen LogP contribution < -0.4 is 21.4 Å². The van der Waals surface area contributed by atoms with E-state index in [2.05, 4.69) is 32.5 Å². The van der Waals surface area contributed by atoms with E-state index >= 15 is 0 Å². The van der Waals surface area contributed by atoms with E-state index in [1.54, 1.807) is 0 Å². The van der Waals surface area contributed by atoms with E-state index < -0.39 is 29.4 Å². The van der Waals surface area contributed by atoms with Crippen molar-refractivity contribution in [3.63, 3.8) is 0 Å². The summed E-state index contributed by atoms with van der Waals surface area (Å²) in [6, 6.07) is 17.5. The van der Waals surface area contributed by atoms with E-state index in [4.69, 9.17) is 0 Å². The molecule has 3 atom stereocenters. The summed E-state index contributed by atoms with van der Waals surface area (Å²) in [7, 11) is 0. The summed E-state index contributed by atoms with van der Waals surface area (Å²) in [4.78, 5) is 13.0. The van der Waals surface area contributed by atoms with Gasteiger partial charge in [0, 0.05) is 35.5 Å². The van der Waals surface area contributed by atoms with Gasteiger partial charge in [0.05, 0.1) is 24.0 Å². The van der Waals surface area contributed by atoms with Gasteiger partial charge in [-0.05, 0) is 68.5 Å². The largest absolute Gasteiger partial charge is 0.416 e. The highest BCUT2D eigenvalue weighted by Crippen LogP contribution is 2.43. The first-order valence-electron chi connectivity index (χ1n) is 12.7. The molecule has 5 rings (SSSR count). The smallest absolute Gasteiger partial charge is 0.382 e. The quantitative estimate of drug-likeness (QED) is 0.456. The third kappa shape index (κ3) is 5.24. The maximum atomic E-state index is 13.0. The average Bonchev–Trinajstić information content (AvgIpc) is 3.26. The Morgan fingerprint density at radius 3 is 2.32 bits per heavy atom. The Kier molecular flexibility index (Phi) is 7.01. The minimum Gasteiger partial charge on any atom is -0.382 e. The number of nitriles is 1. The lowest BCUT2D eigenvalue weighted by Gasteiger charge is -2.48. The van der Waals surface area contributed by atoms with Gasteiger partial charge in [0.25, 0.3) is 0 Å². The summed E-state index contributed by atoms with van der Waals surface area (Å²) >= 11 is 0. The van der Waals surface area contributed by atoms with Crippen molar-refractivity contribution in [2.75, 3.05) is 17.2 Å². The first-order valence-corrected chi connectivity index (χ1v) is 12.7. The number of para-hydroxylation sites is 1. The number of carbonyl (C=O) groups excluding carboxylic acids is 1. The molecule has 0 aromatic heterocycles. The number of halogens is 3. The van der Waals surface area contributed by atoms with E-state index in [-0.39, 0.29) is 11.9 Å². The molecule has 2 aromatic carbocycles. The first kappa shape index (κ1) is 25.4. The number of benzene rings is 2. The van der Waals surface area contributed by atoms with Gasteiger partial charge in [-0.3, -0.25) is 4.79 Å². The number of nitrogens with zero attached hydrogens (tertiary/aromatic N) is 2. The fourth-order valence-corrected chi connectivity index (χ4v) is 6.07. The van der Waals surface area contributed by atoms with E-state index in [9.17, 15) is 23.2 Å². The molecule has 1 aliphatic carbocycles. The van der Waals surface area contributed by atoms with E-state index in [1.165, 1.54) is 12.1 Å². The standard InChI is InChI=1S/C27H31F3N6O/c28-27(29,30)18-6-8-20(9-7-18)34-24-23-22(12-17-32-25(23)37)36(35-24)26(15-16-31)13-10-21(11-14-26)33-19-4-2-1-3-5-19/h1-9,21-24,33-35H,10-15,17H2,(H,32,37). The summed E-state index contributed by atoms with van der Waals surface area (Å²) in [5, 5.41) is 21.7. The zero-order valence-corrected chi connectivity index (χ0v) is 20.4. The predicted octanol–water partition coefficient (Wildman–Crippen LogP) is 4.48. The number of nitrogens with one attached hydrogen (secondary N) is 4. The zero-order valence-electron chi connectivity index (χ0n) is 20.4. The maximum Gasteiger partial charge on any atom is 0.416 e. The number of carbonyl (C=O) groups is 1. The molecular weight excluding hydrogens is 481 g/mol. The lowest BCUT2D eigenvalue weighted by atomic mass is 9.75. The highest BCUT2D eigenvalue weighted by atomic mass is 19.4. The van der Waals surface area contributed by atoms with Crippen LogP contribution in [0.5, 0.6) is 0 Å². The molecule has 1 amide bonds. The normalized spacial score (nSPS) is 30.2. The fourth-order valence-electron chi connectivity index (χ4n) is 6.07. The van der Waals surface area contributed by atoms with Gasteiger partial charge in [0.15, 0.2) is 0 Å². The lowest BCUT2D eigenvalue weighted by molar-refractivity contribution is -0.137. The van der Waals surface area contributed by atoms with Gasteiger partial charge >= 0.3 is 6.18 Å². The Hall–Kier alpha value is -3.29. The van der Waals surface area contributed by atoms with Crippen LogP contribution in [0.15, 0.2) is 54.6 Å². The van der Waals surface area contributed by atoms with Crippen LogP contribution in [0.2, 0.25) is 0 Å². The minimum absolute atomic E-state index is 0.0952. The molecule has 7 nitrogen and oxygen atoms in total. The Balaban J connectivity index is 1.34. The highest BCUT2D eigenvalue weighted by Gasteiger charge is 2.55. The van der Waals surface area contributed by atoms with Crippen molar-refractivity contribution in [2.24, 2.45) is 5.92 Å². The van der Waals surface area contributed by atoms with E-state index in [0.29, 0.717) is 24.7 Å². The predicted molar refractivity (Wildman–Crippen MR) is 134 cm³/mol. The molecule has 2 aromatic rings. The molecule has 3 unspecified atom stereocenters. The number of hydrogen-bond donors (Lipinski definition) is 4. The number of hydrazine groups is 1. The van der Waals surface area contributed by atoms with Crippen LogP contribution in [0.3, 0.4) is 0 Å². The molecule has 2 heterocycles. The Morgan fingerprint density at radius 2 is 1.68 bits per heavy atom. The molecule has 3 aliphatic rings. The SMILES string of the molecule is N#CCC1(N2NC(Nc3ccc(C(F)(F)F)cc3)C3C(=O)NCCC32)CCC(Nc2ccccc2)CC1. The van der Waals surface area contributed by atoms with Crippen molar-refractivity contribution >= 4 is 17.3 Å². The Labute approximate surface area is 214 Å². The molecule has 3 fully saturated rings. The van der Waals surface area contributed by atoms with Crippen LogP contribution in [0.1, 0.15) is 44.1 Å². The van der Waals surface area contributed by atoms with E-state index in [0.717, 1.165) is 49.9 Å². The summed E-state index contributed by atoms with van der Waals surface area (Å²) in [5.41, 5.74) is 3.90. The van der Waals surface area contributed by atoms with Crippen molar-refractivity contribution < 1.29 is 18.0 Å². The molecule has 196 valence electrons. The van der Waals surface area contributed by atoms with Gasteiger partial charge < -0.3 is 16.0 Å². The zero-order chi connectivity index (χ0) is 26.0. The molecule has 0 radical (unpaired) electrons. The van der Waals surface area contributed by atoms with Crippen LogP contribution in [0.25, 0.3) is 0 Å². The lowest BCUT2D eigenvalue weighted by Crippen LogP contribution is -2.60. The van der Waals surface area contributed by atoms with Gasteiger partial charge in [-0.15, -0.1) is 0 Å². The maximum absolute atomic E-state index is 13.0. The highest BCUT2D eigenvalue weighted by molar-refractivity contribution is 5.82. The summed E-state index contributed by atoms with van der Waals surface area (Å²) in [6.45, 7) is 0.548. The molecule has 0 spiro atoms. The van der Waals surface area contributed by atoms with Crippen LogP contribution >= 0.6 is 0 Å². The van der Waals surface area contributed by atoms with Crippen molar-refractivity contribution in [1.29, 1.82) is 5.26 Å². The number of hydrogen-bond acceptors (Lipinski definition) is 6. The van der Waals surface area contributed by atoms with Gasteiger partial charge in [-0.25, -0.2) is 10.4 Å². The topological polar surface area (TPSA) is 92.2 Å². The van der Waals surface area contributed by atoms with E-state index in [1.807, 2.05) is 30.3 Å². The number of amides is 1. The van der Waals surface area contributed by atoms with Crippen LogP contribution in [0.4, 0.5) is 24.5 Å². The van der Waals surface area contributed by atoms with Gasteiger partial charge in [0.1, 0.15) is 6.17 Å². The monoisotopic (exact) mass is 512 g/mol. The molecular formula is C27H31F3N6O. The molecule has 4 N–H and O–H groups in total. The first-order chi connectivity index (χ1) is 17.8. The molecule has 10 heteroatoms. The number of alkyl halides is 3. The van der Waals surface area contributed by atoms with Crippen molar-refractivity contribution in [3.05, 3.63) is 60.2 Å². The van der Waals surface area contributed by atoms with Crippen molar-refractivity contribution in [1.82, 2.24) is 15.8 Å². The van der Waals surface area contributed by atoms with Crippen LogP contribution in [-0.4, -0.2) is 41.2 Å². The number of rotatable bonds is 6. The third-order valence-corrected chi connectivity index (χ3v) is 7.94. The molecule has 37 heavy (non-hydrogen) atoms. The minimum atomic E-state index is -4.41. The van der Waals surface area contributed by atoms with Crippen LogP contribution in [-0.2, 0) is 11.0 Å². The Morgan fingerprint density at radius 1 is 1.00 bits per heavy atom. The Bertz CT molecular complexity index is 1130.